The molecule has 0 heterocycles. The molecule has 0 spiro atoms. The summed E-state index contributed by atoms with van der Waals surface area (Å²) in [5.41, 5.74) is 1.47. The molecule has 4 nitrogen and oxygen atoms in total. The zero-order chi connectivity index (χ0) is 25.3. The van der Waals surface area contributed by atoms with Gasteiger partial charge in [0.2, 0.25) is 0 Å². The van der Waals surface area contributed by atoms with Crippen molar-refractivity contribution in [2.75, 3.05) is 6.61 Å². The van der Waals surface area contributed by atoms with Gasteiger partial charge in [-0.25, -0.2) is 0 Å². The fourth-order valence-corrected chi connectivity index (χ4v) is 5.36. The number of benzene rings is 1. The predicted molar refractivity (Wildman–Crippen MR) is 144 cm³/mol. The molecule has 0 bridgehead atoms. The summed E-state index contributed by atoms with van der Waals surface area (Å²) in [7, 11) is -4.20. The fourth-order valence-electron chi connectivity index (χ4n) is 4.83. The summed E-state index contributed by atoms with van der Waals surface area (Å²) in [5, 5.41) is 0. The third-order valence-corrected chi connectivity index (χ3v) is 7.68. The first-order chi connectivity index (χ1) is 16.2. The molecular weight excluding hydrogens is 444 g/mol. The molecule has 0 saturated heterocycles. The highest BCUT2D eigenvalue weighted by molar-refractivity contribution is 7.85. The number of unbranched alkanes of at least 4 members (excludes halogenated alkanes) is 15. The minimum Gasteiger partial charge on any atom is -0.371 e. The van der Waals surface area contributed by atoms with Gasteiger partial charge in [0, 0.05) is 6.61 Å². The van der Waals surface area contributed by atoms with Gasteiger partial charge in [0.05, 0.1) is 10.5 Å². The summed E-state index contributed by atoms with van der Waals surface area (Å²) < 4.78 is 38.6. The molecule has 0 unspecified atom stereocenters. The van der Waals surface area contributed by atoms with Gasteiger partial charge in [-0.1, -0.05) is 109 Å². The number of hydrogen-bond acceptors (Lipinski definition) is 3. The van der Waals surface area contributed by atoms with Crippen LogP contribution in [0.3, 0.4) is 0 Å². The smallest absolute Gasteiger partial charge is 0.294 e. The number of rotatable bonds is 21. The van der Waals surface area contributed by atoms with Gasteiger partial charge >= 0.3 is 0 Å². The van der Waals surface area contributed by atoms with Crippen LogP contribution in [0.25, 0.3) is 0 Å². The SMILES string of the molecule is CCCCCCCCCCCCCCCCCCc1cc(S(=O)(=O)O)ccc1C(C)(C)OCC. The first-order valence-corrected chi connectivity index (χ1v) is 15.4. The Kier molecular flexibility index (Phi) is 16.0. The van der Waals surface area contributed by atoms with E-state index in [2.05, 4.69) is 6.92 Å². The Morgan fingerprint density at radius 2 is 1.18 bits per heavy atom. The lowest BCUT2D eigenvalue weighted by atomic mass is 9.90. The maximum atomic E-state index is 11.6. The molecule has 1 rings (SSSR count). The Balaban J connectivity index is 2.25. The summed E-state index contributed by atoms with van der Waals surface area (Å²) in [5.74, 6) is 0. The van der Waals surface area contributed by atoms with Crippen LogP contribution in [0.5, 0.6) is 0 Å². The average molecular weight is 497 g/mol. The van der Waals surface area contributed by atoms with E-state index in [9.17, 15) is 13.0 Å². The van der Waals surface area contributed by atoms with Crippen LogP contribution in [0.2, 0.25) is 0 Å². The fraction of sp³-hybridized carbons (Fsp3) is 0.793. The van der Waals surface area contributed by atoms with Gasteiger partial charge in [0.25, 0.3) is 10.1 Å². The molecule has 0 aliphatic carbocycles. The minimum absolute atomic E-state index is 0.0324. The molecule has 0 radical (unpaired) electrons. The second-order valence-electron chi connectivity index (χ2n) is 10.3. The first kappa shape index (κ1) is 31.1. The highest BCUT2D eigenvalue weighted by atomic mass is 32.2. The quantitative estimate of drug-likeness (QED) is 0.136. The van der Waals surface area contributed by atoms with E-state index in [-0.39, 0.29) is 4.90 Å². The van der Waals surface area contributed by atoms with Gasteiger partial charge in [0.15, 0.2) is 0 Å². The Hall–Kier alpha value is -0.910. The molecular formula is C29H52O4S. The maximum absolute atomic E-state index is 11.6. The number of hydrogen-bond donors (Lipinski definition) is 1. The van der Waals surface area contributed by atoms with Gasteiger partial charge in [0.1, 0.15) is 0 Å². The third kappa shape index (κ3) is 13.3. The number of aryl methyl sites for hydroxylation is 1. The molecule has 198 valence electrons. The van der Waals surface area contributed by atoms with Crippen molar-refractivity contribution < 1.29 is 17.7 Å². The van der Waals surface area contributed by atoms with Crippen molar-refractivity contribution in [3.05, 3.63) is 29.3 Å². The molecule has 1 N–H and O–H groups in total. The Morgan fingerprint density at radius 1 is 0.735 bits per heavy atom. The number of ether oxygens (including phenoxy) is 1. The summed E-state index contributed by atoms with van der Waals surface area (Å²) in [6.45, 7) is 8.84. The summed E-state index contributed by atoms with van der Waals surface area (Å²) in [4.78, 5) is -0.0324. The zero-order valence-corrected chi connectivity index (χ0v) is 23.4. The van der Waals surface area contributed by atoms with Gasteiger partial charge in [-0.15, -0.1) is 0 Å². The lowest BCUT2D eigenvalue weighted by Crippen LogP contribution is -2.23. The molecule has 0 aromatic heterocycles. The lowest BCUT2D eigenvalue weighted by molar-refractivity contribution is -0.0147. The molecule has 0 aliphatic rings. The second-order valence-corrected chi connectivity index (χ2v) is 11.7. The zero-order valence-electron chi connectivity index (χ0n) is 22.5. The molecule has 0 atom stereocenters. The summed E-state index contributed by atoms with van der Waals surface area (Å²) in [6.07, 6.45) is 22.1. The van der Waals surface area contributed by atoms with Crippen LogP contribution in [0.1, 0.15) is 142 Å². The summed E-state index contributed by atoms with van der Waals surface area (Å²) in [6, 6.07) is 4.89. The van der Waals surface area contributed by atoms with Crippen LogP contribution in [0.4, 0.5) is 0 Å². The van der Waals surface area contributed by atoms with Gasteiger partial charge in [-0.2, -0.15) is 8.42 Å². The Labute approximate surface area is 211 Å². The third-order valence-electron chi connectivity index (χ3n) is 6.83. The molecule has 0 amide bonds. The Bertz CT molecular complexity index is 755. The van der Waals surface area contributed by atoms with Crippen molar-refractivity contribution in [3.8, 4) is 0 Å². The lowest BCUT2D eigenvalue weighted by Gasteiger charge is -2.28. The van der Waals surface area contributed by atoms with Crippen molar-refractivity contribution in [2.45, 2.75) is 147 Å². The van der Waals surface area contributed by atoms with Crippen LogP contribution in [0.15, 0.2) is 23.1 Å². The largest absolute Gasteiger partial charge is 0.371 e. The normalized spacial score (nSPS) is 12.4. The molecule has 1 aromatic carbocycles. The highest BCUT2D eigenvalue weighted by Crippen LogP contribution is 2.31. The van der Waals surface area contributed by atoms with Gasteiger partial charge in [-0.05, 0) is 56.9 Å². The van der Waals surface area contributed by atoms with Crippen LogP contribution < -0.4 is 0 Å². The standard InChI is InChI=1S/C29H52O4S/c1-5-7-8-9-10-11-12-13-14-15-16-17-18-19-20-21-22-26-25-27(34(30,31)32)23-24-28(26)29(3,4)33-6-2/h23-25H,5-22H2,1-4H3,(H,30,31,32). The van der Waals surface area contributed by atoms with Crippen molar-refractivity contribution in [2.24, 2.45) is 0 Å². The van der Waals surface area contributed by atoms with Crippen LogP contribution >= 0.6 is 0 Å². The molecule has 5 heteroatoms. The van der Waals surface area contributed by atoms with Gasteiger partial charge in [-0.3, -0.25) is 4.55 Å². The van der Waals surface area contributed by atoms with Crippen molar-refractivity contribution in [1.29, 1.82) is 0 Å². The van der Waals surface area contributed by atoms with Crippen LogP contribution in [-0.2, 0) is 26.9 Å². The molecule has 0 saturated carbocycles. The highest BCUT2D eigenvalue weighted by Gasteiger charge is 2.25. The first-order valence-electron chi connectivity index (χ1n) is 14.0. The van der Waals surface area contributed by atoms with E-state index in [0.717, 1.165) is 30.4 Å². The van der Waals surface area contributed by atoms with E-state index in [0.29, 0.717) is 6.61 Å². The Morgan fingerprint density at radius 3 is 1.59 bits per heavy atom. The monoisotopic (exact) mass is 496 g/mol. The van der Waals surface area contributed by atoms with E-state index in [1.54, 1.807) is 12.1 Å². The molecule has 34 heavy (non-hydrogen) atoms. The van der Waals surface area contributed by atoms with Crippen molar-refractivity contribution in [3.63, 3.8) is 0 Å². The predicted octanol–water partition coefficient (Wildman–Crippen LogP) is 9.01. The topological polar surface area (TPSA) is 63.6 Å². The van der Waals surface area contributed by atoms with Crippen LogP contribution in [-0.4, -0.2) is 19.6 Å². The average Bonchev–Trinajstić information content (AvgIpc) is 2.78. The second kappa shape index (κ2) is 17.5. The molecule has 1 aromatic rings. The maximum Gasteiger partial charge on any atom is 0.294 e. The van der Waals surface area contributed by atoms with E-state index >= 15 is 0 Å². The summed E-state index contributed by atoms with van der Waals surface area (Å²) >= 11 is 0. The minimum atomic E-state index is -4.20. The van der Waals surface area contributed by atoms with Crippen molar-refractivity contribution >= 4 is 10.1 Å². The van der Waals surface area contributed by atoms with E-state index in [1.807, 2.05) is 20.8 Å². The van der Waals surface area contributed by atoms with E-state index in [4.69, 9.17) is 4.74 Å². The van der Waals surface area contributed by atoms with Crippen molar-refractivity contribution in [1.82, 2.24) is 0 Å². The van der Waals surface area contributed by atoms with E-state index in [1.165, 1.54) is 96.0 Å². The molecule has 0 fully saturated rings. The molecule has 0 aliphatic heterocycles. The van der Waals surface area contributed by atoms with Crippen LogP contribution in [0, 0.1) is 0 Å². The van der Waals surface area contributed by atoms with E-state index < -0.39 is 15.7 Å². The van der Waals surface area contributed by atoms with Gasteiger partial charge < -0.3 is 4.74 Å².